The van der Waals surface area contributed by atoms with Crippen LogP contribution in [-0.2, 0) is 9.59 Å². The van der Waals surface area contributed by atoms with Crippen molar-refractivity contribution in [2.45, 2.75) is 24.8 Å². The van der Waals surface area contributed by atoms with E-state index >= 15 is 0 Å². The van der Waals surface area contributed by atoms with Gasteiger partial charge in [0.05, 0.1) is 6.54 Å². The second kappa shape index (κ2) is 7.98. The summed E-state index contributed by atoms with van der Waals surface area (Å²) in [6.07, 6.45) is 2.92. The number of benzene rings is 1. The molecule has 3 N–H and O–H groups in total. The fraction of sp³-hybridized carbons (Fsp3) is 0.389. The fourth-order valence-corrected chi connectivity index (χ4v) is 2.91. The molecule has 0 bridgehead atoms. The Morgan fingerprint density at radius 2 is 2.04 bits per heavy atom. The second-order valence-corrected chi connectivity index (χ2v) is 6.54. The first-order valence-corrected chi connectivity index (χ1v) is 8.69. The number of nitrogens with one attached hydrogen (secondary N) is 3. The van der Waals surface area contributed by atoms with Gasteiger partial charge in [0.25, 0.3) is 0 Å². The van der Waals surface area contributed by atoms with E-state index in [9.17, 15) is 14.4 Å². The Bertz CT molecular complexity index is 818. The monoisotopic (exact) mass is 371 g/mol. The van der Waals surface area contributed by atoms with Gasteiger partial charge in [-0.3, -0.25) is 14.4 Å². The standard InChI is InChI=1S/C18H21N5O4/c1-19-17(26)18(21-11-24,9-12-7-8-12)10-20-15(25)16-22-14(23-27-16)13-5-3-2-4-6-13/h2-6,11-12H,7-10H2,1H3,(H,19,26)(H,20,25)(H,21,24). The molecule has 27 heavy (non-hydrogen) atoms. The van der Waals surface area contributed by atoms with Crippen molar-refractivity contribution in [2.75, 3.05) is 13.6 Å². The Morgan fingerprint density at radius 1 is 1.30 bits per heavy atom. The van der Waals surface area contributed by atoms with Gasteiger partial charge in [0.15, 0.2) is 0 Å². The average molecular weight is 371 g/mol. The number of carbonyl (C=O) groups excluding carboxylic acids is 3. The van der Waals surface area contributed by atoms with Crippen LogP contribution >= 0.6 is 0 Å². The zero-order valence-corrected chi connectivity index (χ0v) is 14.9. The molecule has 142 valence electrons. The molecular formula is C18H21N5O4. The molecule has 1 aromatic heterocycles. The molecule has 1 aromatic carbocycles. The van der Waals surface area contributed by atoms with Crippen LogP contribution in [0.1, 0.15) is 29.9 Å². The van der Waals surface area contributed by atoms with Crippen LogP contribution in [-0.4, -0.2) is 47.5 Å². The summed E-state index contributed by atoms with van der Waals surface area (Å²) in [5.74, 6) is -0.544. The highest BCUT2D eigenvalue weighted by Crippen LogP contribution is 2.36. The fourth-order valence-electron chi connectivity index (χ4n) is 2.91. The summed E-state index contributed by atoms with van der Waals surface area (Å²) in [4.78, 5) is 39.9. The van der Waals surface area contributed by atoms with Gasteiger partial charge < -0.3 is 20.5 Å². The van der Waals surface area contributed by atoms with E-state index in [-0.39, 0.29) is 18.3 Å². The van der Waals surface area contributed by atoms with Gasteiger partial charge in [0, 0.05) is 12.6 Å². The predicted molar refractivity (Wildman–Crippen MR) is 95.4 cm³/mol. The highest BCUT2D eigenvalue weighted by atomic mass is 16.5. The number of rotatable bonds is 9. The largest absolute Gasteiger partial charge is 0.357 e. The minimum absolute atomic E-state index is 0.0796. The van der Waals surface area contributed by atoms with Crippen LogP contribution in [0.3, 0.4) is 0 Å². The lowest BCUT2D eigenvalue weighted by molar-refractivity contribution is -0.130. The van der Waals surface area contributed by atoms with Gasteiger partial charge in [0.1, 0.15) is 5.54 Å². The van der Waals surface area contributed by atoms with Crippen molar-refractivity contribution in [3.8, 4) is 11.4 Å². The quantitative estimate of drug-likeness (QED) is 0.551. The molecule has 0 saturated heterocycles. The van der Waals surface area contributed by atoms with Gasteiger partial charge in [-0.05, 0) is 12.3 Å². The third-order valence-electron chi connectivity index (χ3n) is 4.53. The number of hydrogen-bond donors (Lipinski definition) is 3. The maximum absolute atomic E-state index is 12.4. The van der Waals surface area contributed by atoms with Crippen LogP contribution in [0.4, 0.5) is 0 Å². The highest BCUT2D eigenvalue weighted by molar-refractivity contribution is 5.92. The predicted octanol–water partition coefficient (Wildman–Crippen LogP) is 0.497. The lowest BCUT2D eigenvalue weighted by atomic mass is 9.91. The smallest absolute Gasteiger partial charge is 0.316 e. The molecule has 1 aliphatic carbocycles. The topological polar surface area (TPSA) is 126 Å². The molecule has 3 rings (SSSR count). The van der Waals surface area contributed by atoms with Crippen LogP contribution in [0.2, 0.25) is 0 Å². The van der Waals surface area contributed by atoms with Crippen molar-refractivity contribution in [3.63, 3.8) is 0 Å². The van der Waals surface area contributed by atoms with E-state index in [1.807, 2.05) is 18.2 Å². The van der Waals surface area contributed by atoms with Crippen molar-refractivity contribution < 1.29 is 18.9 Å². The number of likely N-dealkylation sites (N-methyl/N-ethyl adjacent to an activating group) is 1. The number of nitrogens with zero attached hydrogens (tertiary/aromatic N) is 2. The lowest BCUT2D eigenvalue weighted by Gasteiger charge is -2.31. The number of carbonyl (C=O) groups is 3. The number of hydrogen-bond acceptors (Lipinski definition) is 6. The van der Waals surface area contributed by atoms with Crippen molar-refractivity contribution in [3.05, 3.63) is 36.2 Å². The van der Waals surface area contributed by atoms with E-state index in [1.165, 1.54) is 7.05 Å². The van der Waals surface area contributed by atoms with Crippen molar-refractivity contribution in [1.29, 1.82) is 0 Å². The lowest BCUT2D eigenvalue weighted by Crippen LogP contribution is -2.62. The summed E-state index contributed by atoms with van der Waals surface area (Å²) < 4.78 is 5.02. The first-order chi connectivity index (χ1) is 13.1. The zero-order chi connectivity index (χ0) is 19.3. The van der Waals surface area contributed by atoms with E-state index in [1.54, 1.807) is 12.1 Å². The summed E-state index contributed by atoms with van der Waals surface area (Å²) in [6.45, 7) is -0.0796. The van der Waals surface area contributed by atoms with Crippen molar-refractivity contribution in [2.24, 2.45) is 5.92 Å². The molecule has 9 nitrogen and oxygen atoms in total. The summed E-state index contributed by atoms with van der Waals surface area (Å²) in [5, 5.41) is 11.6. The molecule has 0 spiro atoms. The van der Waals surface area contributed by atoms with E-state index in [0.717, 1.165) is 18.4 Å². The molecule has 1 saturated carbocycles. The van der Waals surface area contributed by atoms with Gasteiger partial charge >= 0.3 is 11.8 Å². The molecule has 1 aliphatic rings. The third kappa shape index (κ3) is 4.30. The van der Waals surface area contributed by atoms with Crippen LogP contribution in [0.25, 0.3) is 11.4 Å². The molecule has 2 aromatic rings. The van der Waals surface area contributed by atoms with Gasteiger partial charge in [-0.15, -0.1) is 0 Å². The Balaban J connectivity index is 1.71. The van der Waals surface area contributed by atoms with Crippen LogP contribution in [0, 0.1) is 5.92 Å². The molecule has 1 heterocycles. The number of amides is 3. The summed E-state index contributed by atoms with van der Waals surface area (Å²) in [7, 11) is 1.49. The van der Waals surface area contributed by atoms with Crippen molar-refractivity contribution >= 4 is 18.2 Å². The molecular weight excluding hydrogens is 350 g/mol. The average Bonchev–Trinajstić information content (AvgIpc) is 3.37. The minimum atomic E-state index is -1.21. The Morgan fingerprint density at radius 3 is 2.67 bits per heavy atom. The van der Waals surface area contributed by atoms with E-state index in [2.05, 4.69) is 26.1 Å². The van der Waals surface area contributed by atoms with E-state index in [4.69, 9.17) is 4.52 Å². The van der Waals surface area contributed by atoms with E-state index < -0.39 is 11.4 Å². The minimum Gasteiger partial charge on any atom is -0.357 e. The molecule has 0 radical (unpaired) electrons. The molecule has 1 fully saturated rings. The SMILES string of the molecule is CNC(=O)C(CNC(=O)c1nc(-c2ccccc2)no1)(CC1CC1)NC=O. The Kier molecular flexibility index (Phi) is 5.49. The summed E-state index contributed by atoms with van der Waals surface area (Å²) in [5.41, 5.74) is -0.494. The maximum atomic E-state index is 12.4. The Labute approximate surface area is 155 Å². The molecule has 9 heteroatoms. The Hall–Kier alpha value is -3.23. The van der Waals surface area contributed by atoms with Gasteiger partial charge in [0.2, 0.25) is 18.1 Å². The molecule has 0 aliphatic heterocycles. The van der Waals surface area contributed by atoms with Gasteiger partial charge in [-0.25, -0.2) is 0 Å². The van der Waals surface area contributed by atoms with Crippen LogP contribution in [0.5, 0.6) is 0 Å². The normalized spacial score (nSPS) is 15.4. The van der Waals surface area contributed by atoms with Crippen LogP contribution in [0.15, 0.2) is 34.9 Å². The summed E-state index contributed by atoms with van der Waals surface area (Å²) in [6, 6.07) is 9.10. The zero-order valence-electron chi connectivity index (χ0n) is 14.9. The summed E-state index contributed by atoms with van der Waals surface area (Å²) >= 11 is 0. The third-order valence-corrected chi connectivity index (χ3v) is 4.53. The molecule has 3 amide bonds. The highest BCUT2D eigenvalue weighted by Gasteiger charge is 2.43. The van der Waals surface area contributed by atoms with Crippen LogP contribution < -0.4 is 16.0 Å². The maximum Gasteiger partial charge on any atom is 0.316 e. The van der Waals surface area contributed by atoms with Gasteiger partial charge in [-0.1, -0.05) is 48.3 Å². The molecule has 1 atom stereocenters. The number of aromatic nitrogens is 2. The van der Waals surface area contributed by atoms with E-state index in [0.29, 0.717) is 24.6 Å². The van der Waals surface area contributed by atoms with Gasteiger partial charge in [-0.2, -0.15) is 4.98 Å². The molecule has 1 unspecified atom stereocenters. The first-order valence-electron chi connectivity index (χ1n) is 8.69. The second-order valence-electron chi connectivity index (χ2n) is 6.54. The van der Waals surface area contributed by atoms with Crippen molar-refractivity contribution in [1.82, 2.24) is 26.1 Å². The first kappa shape index (κ1) is 18.6.